The topological polar surface area (TPSA) is 49.4 Å². The molecule has 2 unspecified atom stereocenters. The van der Waals surface area contributed by atoms with Crippen LogP contribution in [0.2, 0.25) is 0 Å². The summed E-state index contributed by atoms with van der Waals surface area (Å²) in [5.74, 6) is 1.38. The van der Waals surface area contributed by atoms with Crippen LogP contribution in [0.25, 0.3) is 0 Å². The third-order valence-corrected chi connectivity index (χ3v) is 5.90. The quantitative estimate of drug-likeness (QED) is 0.804. The molecule has 17 heavy (non-hydrogen) atoms. The van der Waals surface area contributed by atoms with E-state index in [9.17, 15) is 8.42 Å². The highest BCUT2D eigenvalue weighted by Gasteiger charge is 2.30. The summed E-state index contributed by atoms with van der Waals surface area (Å²) in [6, 6.07) is 0.588. The molecule has 2 atom stereocenters. The number of rotatable bonds is 5. The minimum absolute atomic E-state index is 0.255. The van der Waals surface area contributed by atoms with Gasteiger partial charge in [0.2, 0.25) is 10.0 Å². The zero-order valence-corrected chi connectivity index (χ0v) is 11.7. The fraction of sp³-hybridized carbons (Fsp3) is 1.00. The van der Waals surface area contributed by atoms with Crippen LogP contribution in [0, 0.1) is 11.8 Å². The monoisotopic (exact) mass is 260 g/mol. The molecule has 1 N–H and O–H groups in total. The maximum absolute atomic E-state index is 12.1. The maximum Gasteiger partial charge on any atom is 0.215 e. The van der Waals surface area contributed by atoms with Crippen LogP contribution in [0.5, 0.6) is 0 Å². The van der Waals surface area contributed by atoms with Gasteiger partial charge in [0.05, 0.1) is 5.75 Å². The largest absolute Gasteiger partial charge is 0.313 e. The highest BCUT2D eigenvalue weighted by Crippen LogP contribution is 2.24. The summed E-state index contributed by atoms with van der Waals surface area (Å²) < 4.78 is 25.9. The Balaban J connectivity index is 1.81. The lowest BCUT2D eigenvalue weighted by atomic mass is 9.90. The lowest BCUT2D eigenvalue weighted by molar-refractivity contribution is 0.212. The second kappa shape index (κ2) is 5.24. The van der Waals surface area contributed by atoms with E-state index in [1.54, 1.807) is 4.31 Å². The highest BCUT2D eigenvalue weighted by atomic mass is 32.2. The molecule has 0 spiro atoms. The van der Waals surface area contributed by atoms with Gasteiger partial charge in [-0.1, -0.05) is 13.8 Å². The Morgan fingerprint density at radius 3 is 2.47 bits per heavy atom. The van der Waals surface area contributed by atoms with Gasteiger partial charge < -0.3 is 5.32 Å². The normalized spacial score (nSPS) is 31.6. The fourth-order valence-corrected chi connectivity index (χ4v) is 3.77. The van der Waals surface area contributed by atoms with Crippen LogP contribution in [0.3, 0.4) is 0 Å². The molecule has 100 valence electrons. The van der Waals surface area contributed by atoms with Crippen molar-refractivity contribution in [3.8, 4) is 0 Å². The molecule has 0 aromatic rings. The predicted molar refractivity (Wildman–Crippen MR) is 69.3 cm³/mol. The number of nitrogens with zero attached hydrogens (tertiary/aromatic N) is 1. The summed E-state index contributed by atoms with van der Waals surface area (Å²) in [6.07, 6.45) is 3.41. The third-order valence-electron chi connectivity index (χ3n) is 4.06. The molecule has 5 heteroatoms. The average Bonchev–Trinajstić information content (AvgIpc) is 3.05. The molecule has 0 amide bonds. The number of hydrogen-bond acceptors (Lipinski definition) is 3. The van der Waals surface area contributed by atoms with Gasteiger partial charge in [-0.2, -0.15) is 0 Å². The third kappa shape index (κ3) is 3.66. The van der Waals surface area contributed by atoms with Gasteiger partial charge in [-0.25, -0.2) is 12.7 Å². The van der Waals surface area contributed by atoms with Crippen LogP contribution >= 0.6 is 0 Å². The van der Waals surface area contributed by atoms with Crippen molar-refractivity contribution in [3.05, 3.63) is 0 Å². The van der Waals surface area contributed by atoms with Gasteiger partial charge >= 0.3 is 0 Å². The molecule has 0 aromatic carbocycles. The zero-order chi connectivity index (χ0) is 12.5. The molecular weight excluding hydrogens is 236 g/mol. The first-order valence-corrected chi connectivity index (χ1v) is 8.31. The van der Waals surface area contributed by atoms with Crippen molar-refractivity contribution in [3.63, 3.8) is 0 Å². The van der Waals surface area contributed by atoms with E-state index in [2.05, 4.69) is 19.2 Å². The van der Waals surface area contributed by atoms with E-state index >= 15 is 0 Å². The van der Waals surface area contributed by atoms with Gasteiger partial charge in [0.15, 0.2) is 0 Å². The first-order chi connectivity index (χ1) is 7.99. The Bertz CT molecular complexity index is 352. The van der Waals surface area contributed by atoms with Gasteiger partial charge in [0.1, 0.15) is 0 Å². The summed E-state index contributed by atoms with van der Waals surface area (Å²) in [5, 5.41) is 3.27. The smallest absolute Gasteiger partial charge is 0.215 e. The van der Waals surface area contributed by atoms with E-state index in [0.717, 1.165) is 6.42 Å². The first kappa shape index (κ1) is 13.3. The molecule has 1 saturated carbocycles. The Hall–Kier alpha value is -0.130. The highest BCUT2D eigenvalue weighted by molar-refractivity contribution is 7.89. The molecular formula is C12H24N2O2S. The summed E-state index contributed by atoms with van der Waals surface area (Å²) in [7, 11) is -3.04. The zero-order valence-electron chi connectivity index (χ0n) is 10.9. The molecule has 1 aliphatic heterocycles. The number of hydrogen-bond donors (Lipinski definition) is 1. The Morgan fingerprint density at radius 2 is 1.88 bits per heavy atom. The molecule has 2 rings (SSSR count). The number of piperidine rings is 1. The molecule has 0 aromatic heterocycles. The summed E-state index contributed by atoms with van der Waals surface area (Å²) in [5.41, 5.74) is 0. The van der Waals surface area contributed by atoms with Crippen LogP contribution in [0.4, 0.5) is 0 Å². The molecule has 1 aliphatic carbocycles. The van der Waals surface area contributed by atoms with Crippen molar-refractivity contribution in [2.75, 3.05) is 25.4 Å². The summed E-state index contributed by atoms with van der Waals surface area (Å²) in [4.78, 5) is 0. The molecule has 1 heterocycles. The van der Waals surface area contributed by atoms with E-state index in [4.69, 9.17) is 0 Å². The van der Waals surface area contributed by atoms with Gasteiger partial charge in [0.25, 0.3) is 0 Å². The van der Waals surface area contributed by atoms with Gasteiger partial charge in [-0.3, -0.25) is 0 Å². The average molecular weight is 260 g/mol. The second-order valence-corrected chi connectivity index (χ2v) is 7.73. The minimum atomic E-state index is -3.04. The maximum atomic E-state index is 12.1. The Labute approximate surface area is 105 Å². The van der Waals surface area contributed by atoms with Crippen LogP contribution < -0.4 is 5.32 Å². The SMILES string of the molecule is CC1CCN(S(=O)(=O)CCNC2CC2)CC1C. The molecule has 2 fully saturated rings. The lowest BCUT2D eigenvalue weighted by Gasteiger charge is -2.34. The van der Waals surface area contributed by atoms with Crippen LogP contribution in [0.15, 0.2) is 0 Å². The van der Waals surface area contributed by atoms with Crippen molar-refractivity contribution >= 4 is 10.0 Å². The number of sulfonamides is 1. The van der Waals surface area contributed by atoms with E-state index in [0.29, 0.717) is 37.5 Å². The van der Waals surface area contributed by atoms with Crippen molar-refractivity contribution < 1.29 is 8.42 Å². The van der Waals surface area contributed by atoms with Crippen molar-refractivity contribution in [2.45, 2.75) is 39.2 Å². The fourth-order valence-electron chi connectivity index (χ4n) is 2.29. The van der Waals surface area contributed by atoms with Crippen LogP contribution in [0.1, 0.15) is 33.1 Å². The van der Waals surface area contributed by atoms with Crippen LogP contribution in [-0.2, 0) is 10.0 Å². The Morgan fingerprint density at radius 1 is 1.18 bits per heavy atom. The number of nitrogens with one attached hydrogen (secondary N) is 1. The molecule has 0 radical (unpaired) electrons. The van der Waals surface area contributed by atoms with Gasteiger partial charge in [-0.15, -0.1) is 0 Å². The minimum Gasteiger partial charge on any atom is -0.313 e. The standard InChI is InChI=1S/C12H24N2O2S/c1-10-5-7-14(9-11(10)2)17(15,16)8-6-13-12-3-4-12/h10-13H,3-9H2,1-2H3. The second-order valence-electron chi connectivity index (χ2n) is 5.65. The van der Waals surface area contributed by atoms with E-state index < -0.39 is 10.0 Å². The Kier molecular flexibility index (Phi) is 4.10. The summed E-state index contributed by atoms with van der Waals surface area (Å²) in [6.45, 7) is 6.37. The lowest BCUT2D eigenvalue weighted by Crippen LogP contribution is -2.44. The molecule has 0 bridgehead atoms. The van der Waals surface area contributed by atoms with Crippen molar-refractivity contribution in [1.82, 2.24) is 9.62 Å². The van der Waals surface area contributed by atoms with E-state index in [1.807, 2.05) is 0 Å². The molecule has 2 aliphatic rings. The first-order valence-electron chi connectivity index (χ1n) is 6.70. The van der Waals surface area contributed by atoms with Crippen LogP contribution in [-0.4, -0.2) is 44.2 Å². The van der Waals surface area contributed by atoms with Gasteiger partial charge in [-0.05, 0) is 31.1 Å². The summed E-state index contributed by atoms with van der Waals surface area (Å²) >= 11 is 0. The van der Waals surface area contributed by atoms with Crippen molar-refractivity contribution in [2.24, 2.45) is 11.8 Å². The van der Waals surface area contributed by atoms with Gasteiger partial charge in [0, 0.05) is 25.7 Å². The molecule has 1 saturated heterocycles. The van der Waals surface area contributed by atoms with E-state index in [1.165, 1.54) is 12.8 Å². The van der Waals surface area contributed by atoms with E-state index in [-0.39, 0.29) is 5.75 Å². The van der Waals surface area contributed by atoms with Crippen molar-refractivity contribution in [1.29, 1.82) is 0 Å². The molecule has 4 nitrogen and oxygen atoms in total. The predicted octanol–water partition coefficient (Wildman–Crippen LogP) is 1.05.